The lowest BCUT2D eigenvalue weighted by molar-refractivity contribution is 1.18. The molecule has 0 aliphatic heterocycles. The van der Waals surface area contributed by atoms with Crippen LogP contribution in [0, 0.1) is 6.92 Å². The van der Waals surface area contributed by atoms with Crippen LogP contribution >= 0.6 is 11.3 Å². The summed E-state index contributed by atoms with van der Waals surface area (Å²) in [5.41, 5.74) is 12.4. The minimum Gasteiger partial charge on any atom is -0.309 e. The van der Waals surface area contributed by atoms with Crippen LogP contribution in [-0.2, 0) is 6.42 Å². The second kappa shape index (κ2) is 14.7. The minimum atomic E-state index is 0.920. The molecule has 8 aromatic carbocycles. The predicted octanol–water partition coefficient (Wildman–Crippen LogP) is 15.2. The van der Waals surface area contributed by atoms with Crippen molar-refractivity contribution in [3.63, 3.8) is 0 Å². The molecule has 0 radical (unpaired) electrons. The zero-order valence-electron chi connectivity index (χ0n) is 31.2. The number of thiophene rings is 1. The van der Waals surface area contributed by atoms with Gasteiger partial charge in [0.2, 0.25) is 0 Å². The molecule has 2 heterocycles. The Labute approximate surface area is 326 Å². The zero-order chi connectivity index (χ0) is 37.3. The number of hydrogen-bond acceptors (Lipinski definition) is 1. The number of benzene rings is 8. The molecule has 0 unspecified atom stereocenters. The van der Waals surface area contributed by atoms with Crippen LogP contribution in [0.15, 0.2) is 183 Å². The van der Waals surface area contributed by atoms with Gasteiger partial charge in [0.25, 0.3) is 0 Å². The van der Waals surface area contributed by atoms with E-state index in [2.05, 4.69) is 207 Å². The summed E-state index contributed by atoms with van der Waals surface area (Å²) in [6.07, 6.45) is 7.13. The van der Waals surface area contributed by atoms with Crippen LogP contribution in [0.5, 0.6) is 0 Å². The number of para-hydroxylation sites is 1. The van der Waals surface area contributed by atoms with E-state index in [0.717, 1.165) is 17.7 Å². The summed E-state index contributed by atoms with van der Waals surface area (Å²) in [6, 6.07) is 61.7. The summed E-state index contributed by atoms with van der Waals surface area (Å²) >= 11 is 1.87. The number of aromatic nitrogens is 1. The van der Waals surface area contributed by atoms with E-state index in [-0.39, 0.29) is 0 Å². The molecule has 2 heteroatoms. The van der Waals surface area contributed by atoms with Crippen LogP contribution in [0.2, 0.25) is 0 Å². The van der Waals surface area contributed by atoms with Gasteiger partial charge >= 0.3 is 0 Å². The lowest BCUT2D eigenvalue weighted by atomic mass is 9.98. The topological polar surface area (TPSA) is 4.93 Å². The molecule has 0 N–H and O–H groups in total. The van der Waals surface area contributed by atoms with Gasteiger partial charge in [-0.05, 0) is 125 Å². The van der Waals surface area contributed by atoms with E-state index in [0.29, 0.717) is 0 Å². The van der Waals surface area contributed by atoms with Gasteiger partial charge in [0.05, 0.1) is 11.0 Å². The smallest absolute Gasteiger partial charge is 0.0547 e. The summed E-state index contributed by atoms with van der Waals surface area (Å²) in [5, 5.41) is 7.88. The molecule has 0 atom stereocenters. The molecule has 10 aromatic rings. The van der Waals surface area contributed by atoms with Crippen molar-refractivity contribution < 1.29 is 0 Å². The number of rotatable bonds is 6. The van der Waals surface area contributed by atoms with Gasteiger partial charge in [-0.25, -0.2) is 0 Å². The zero-order valence-corrected chi connectivity index (χ0v) is 32.0. The highest BCUT2D eigenvalue weighted by atomic mass is 32.1. The summed E-state index contributed by atoms with van der Waals surface area (Å²) < 4.78 is 5.09. The molecular weight excluding hydrogens is 683 g/mol. The first-order valence-corrected chi connectivity index (χ1v) is 19.8. The van der Waals surface area contributed by atoms with Crippen molar-refractivity contribution in [3.8, 4) is 16.8 Å². The van der Waals surface area contributed by atoms with E-state index in [1.165, 1.54) is 86.1 Å². The molecule has 55 heavy (non-hydrogen) atoms. The average Bonchev–Trinajstić information content (AvgIpc) is 3.76. The van der Waals surface area contributed by atoms with Crippen LogP contribution in [0.4, 0.5) is 0 Å². The molecule has 0 spiro atoms. The Morgan fingerprint density at radius 3 is 2.02 bits per heavy atom. The fourth-order valence-electron chi connectivity index (χ4n) is 7.96. The maximum atomic E-state index is 4.11. The van der Waals surface area contributed by atoms with Crippen molar-refractivity contribution in [3.05, 3.63) is 210 Å². The Kier molecular flexibility index (Phi) is 9.19. The van der Waals surface area contributed by atoms with Crippen molar-refractivity contribution in [2.75, 3.05) is 0 Å². The largest absolute Gasteiger partial charge is 0.309 e. The van der Waals surface area contributed by atoms with E-state index in [1.54, 1.807) is 0 Å². The number of hydrogen-bond donors (Lipinski definition) is 0. The second-order valence-electron chi connectivity index (χ2n) is 14.2. The van der Waals surface area contributed by atoms with Crippen molar-refractivity contribution in [2.24, 2.45) is 0 Å². The quantitative estimate of drug-likeness (QED) is 0.161. The van der Waals surface area contributed by atoms with Crippen LogP contribution in [0.1, 0.15) is 34.7 Å². The molecule has 1 nitrogen and oxygen atoms in total. The van der Waals surface area contributed by atoms with Crippen LogP contribution in [0.3, 0.4) is 0 Å². The van der Waals surface area contributed by atoms with E-state index in [4.69, 9.17) is 0 Å². The first kappa shape index (κ1) is 34.3. The standard InChI is InChI=1S/C42H31NS.C11H10/c1-3-10-32-27-40-37(25-30(32)4-2)36-26-33(20-21-39(36)43(40)34-11-6-5-7-12-34)31-18-15-28(16-19-31)23-29-17-22-42-38(24-29)35-13-8-9-14-41(35)44-42;1-9-5-4-7-10-6-2-3-8-11(9)10/h3-22,24-27H,2,23H2,1H3;2-8H,1H3/b10-3-;. The van der Waals surface area contributed by atoms with Crippen molar-refractivity contribution in [2.45, 2.75) is 20.3 Å². The van der Waals surface area contributed by atoms with Gasteiger partial charge in [0.1, 0.15) is 0 Å². The molecule has 0 aliphatic rings. The maximum absolute atomic E-state index is 4.11. The molecule has 0 bridgehead atoms. The highest BCUT2D eigenvalue weighted by Gasteiger charge is 2.15. The first-order valence-electron chi connectivity index (χ1n) is 18.9. The molecule has 2 aromatic heterocycles. The third-order valence-electron chi connectivity index (χ3n) is 10.7. The van der Waals surface area contributed by atoms with E-state index in [9.17, 15) is 0 Å². The third-order valence-corrected chi connectivity index (χ3v) is 11.8. The second-order valence-corrected chi connectivity index (χ2v) is 15.3. The van der Waals surface area contributed by atoms with Gasteiger partial charge in [-0.1, -0.05) is 140 Å². The van der Waals surface area contributed by atoms with E-state index < -0.39 is 0 Å². The van der Waals surface area contributed by atoms with Gasteiger partial charge in [-0.3, -0.25) is 0 Å². The van der Waals surface area contributed by atoms with Crippen molar-refractivity contribution >= 4 is 76.2 Å². The molecule has 0 saturated carbocycles. The number of nitrogens with zero attached hydrogens (tertiary/aromatic N) is 1. The van der Waals surface area contributed by atoms with Crippen LogP contribution < -0.4 is 0 Å². The highest BCUT2D eigenvalue weighted by Crippen LogP contribution is 2.38. The average molecular weight is 724 g/mol. The van der Waals surface area contributed by atoms with E-state index >= 15 is 0 Å². The van der Waals surface area contributed by atoms with Gasteiger partial charge in [-0.2, -0.15) is 0 Å². The SMILES string of the molecule is C=Cc1cc2c3cc(-c4ccc(Cc5ccc6sc7ccccc7c6c5)cc4)ccc3n(-c3ccccc3)c2cc1/C=C\C.Cc1cccc2ccccc12. The van der Waals surface area contributed by atoms with Gasteiger partial charge < -0.3 is 4.57 Å². The Bertz CT molecular complexity index is 3020. The fourth-order valence-corrected chi connectivity index (χ4v) is 9.04. The highest BCUT2D eigenvalue weighted by molar-refractivity contribution is 7.25. The number of fused-ring (bicyclic) bond motifs is 7. The Balaban J connectivity index is 0.000000309. The molecule has 0 saturated heterocycles. The van der Waals surface area contributed by atoms with Gasteiger partial charge in [0, 0.05) is 36.6 Å². The normalized spacial score (nSPS) is 11.5. The third kappa shape index (κ3) is 6.56. The van der Waals surface area contributed by atoms with Crippen molar-refractivity contribution in [1.82, 2.24) is 4.57 Å². The summed E-state index contributed by atoms with van der Waals surface area (Å²) in [4.78, 5) is 0. The Morgan fingerprint density at radius 2 is 1.22 bits per heavy atom. The Morgan fingerprint density at radius 1 is 0.527 bits per heavy atom. The lowest BCUT2D eigenvalue weighted by Gasteiger charge is -2.09. The van der Waals surface area contributed by atoms with Gasteiger partial charge in [0.15, 0.2) is 0 Å². The summed E-state index contributed by atoms with van der Waals surface area (Å²) in [7, 11) is 0. The monoisotopic (exact) mass is 723 g/mol. The predicted molar refractivity (Wildman–Crippen MR) is 242 cm³/mol. The molecule has 10 rings (SSSR count). The molecule has 264 valence electrons. The Hall–Kier alpha value is -6.48. The molecule has 0 fully saturated rings. The van der Waals surface area contributed by atoms with Crippen molar-refractivity contribution in [1.29, 1.82) is 0 Å². The first-order chi connectivity index (χ1) is 27.1. The summed E-state index contributed by atoms with van der Waals surface area (Å²) in [6.45, 7) is 8.32. The van der Waals surface area contributed by atoms with Crippen LogP contribution in [0.25, 0.3) is 81.7 Å². The number of aryl methyl sites for hydroxylation is 1. The summed E-state index contributed by atoms with van der Waals surface area (Å²) in [5.74, 6) is 0. The molecule has 0 aliphatic carbocycles. The fraction of sp³-hybridized carbons (Fsp3) is 0.0566. The number of allylic oxidation sites excluding steroid dienone is 1. The lowest BCUT2D eigenvalue weighted by Crippen LogP contribution is -1.94. The maximum Gasteiger partial charge on any atom is 0.0547 e. The van der Waals surface area contributed by atoms with Gasteiger partial charge in [-0.15, -0.1) is 11.3 Å². The minimum absolute atomic E-state index is 0.920. The molecule has 0 amide bonds. The van der Waals surface area contributed by atoms with E-state index in [1.807, 2.05) is 17.4 Å². The molecular formula is C53H41NS. The van der Waals surface area contributed by atoms with Crippen LogP contribution in [-0.4, -0.2) is 4.57 Å².